The SMILES string of the molecule is CCCCCCCCCOC(=O)c1ccc(-c2ncc(CCCCC)cn2)cc1. The Morgan fingerprint density at radius 2 is 1.38 bits per heavy atom. The molecule has 0 saturated carbocycles. The second-order valence-electron chi connectivity index (χ2n) is 7.71. The van der Waals surface area contributed by atoms with Crippen LogP contribution in [0.5, 0.6) is 0 Å². The zero-order chi connectivity index (χ0) is 20.7. The van der Waals surface area contributed by atoms with Crippen molar-refractivity contribution in [1.82, 2.24) is 9.97 Å². The molecule has 158 valence electrons. The van der Waals surface area contributed by atoms with Crippen molar-refractivity contribution in [2.24, 2.45) is 0 Å². The van der Waals surface area contributed by atoms with Gasteiger partial charge in [0.15, 0.2) is 5.82 Å². The molecule has 0 N–H and O–H groups in total. The van der Waals surface area contributed by atoms with Gasteiger partial charge in [0, 0.05) is 18.0 Å². The van der Waals surface area contributed by atoms with Crippen molar-refractivity contribution < 1.29 is 9.53 Å². The maximum atomic E-state index is 12.2. The van der Waals surface area contributed by atoms with Crippen molar-refractivity contribution in [2.45, 2.75) is 84.5 Å². The van der Waals surface area contributed by atoms with Gasteiger partial charge in [-0.25, -0.2) is 14.8 Å². The van der Waals surface area contributed by atoms with E-state index in [9.17, 15) is 4.79 Å². The molecule has 1 aromatic carbocycles. The number of hydrogen-bond donors (Lipinski definition) is 0. The average Bonchev–Trinajstić information content (AvgIpc) is 2.76. The highest BCUT2D eigenvalue weighted by molar-refractivity contribution is 5.89. The number of carbonyl (C=O) groups is 1. The van der Waals surface area contributed by atoms with Crippen LogP contribution < -0.4 is 0 Å². The first kappa shape index (κ1) is 23.1. The predicted molar refractivity (Wildman–Crippen MR) is 119 cm³/mol. The topological polar surface area (TPSA) is 52.1 Å². The monoisotopic (exact) mass is 396 g/mol. The van der Waals surface area contributed by atoms with Gasteiger partial charge in [-0.2, -0.15) is 0 Å². The van der Waals surface area contributed by atoms with Crippen molar-refractivity contribution in [3.63, 3.8) is 0 Å². The van der Waals surface area contributed by atoms with Crippen LogP contribution in [0.3, 0.4) is 0 Å². The lowest BCUT2D eigenvalue weighted by molar-refractivity contribution is 0.0497. The fraction of sp³-hybridized carbons (Fsp3) is 0.560. The number of unbranched alkanes of at least 4 members (excludes halogenated alkanes) is 8. The van der Waals surface area contributed by atoms with Gasteiger partial charge in [0.2, 0.25) is 0 Å². The molecule has 0 amide bonds. The third-order valence-electron chi connectivity index (χ3n) is 5.13. The van der Waals surface area contributed by atoms with Gasteiger partial charge in [-0.05, 0) is 37.0 Å². The number of nitrogens with zero attached hydrogens (tertiary/aromatic N) is 2. The summed E-state index contributed by atoms with van der Waals surface area (Å²) in [5, 5.41) is 0. The van der Waals surface area contributed by atoms with Gasteiger partial charge in [-0.3, -0.25) is 0 Å². The second-order valence-corrected chi connectivity index (χ2v) is 7.71. The Labute approximate surface area is 176 Å². The minimum atomic E-state index is -0.255. The molecule has 0 saturated heterocycles. The van der Waals surface area contributed by atoms with E-state index in [2.05, 4.69) is 23.8 Å². The smallest absolute Gasteiger partial charge is 0.338 e. The zero-order valence-electron chi connectivity index (χ0n) is 18.2. The molecule has 0 aliphatic carbocycles. The Kier molecular flexibility index (Phi) is 11.0. The number of esters is 1. The van der Waals surface area contributed by atoms with Crippen molar-refractivity contribution in [1.29, 1.82) is 0 Å². The van der Waals surface area contributed by atoms with Gasteiger partial charge in [-0.1, -0.05) is 77.3 Å². The van der Waals surface area contributed by atoms with E-state index in [0.717, 1.165) is 24.8 Å². The predicted octanol–water partition coefficient (Wildman–Crippen LogP) is 6.78. The molecule has 0 aliphatic heterocycles. The molecular weight excluding hydrogens is 360 g/mol. The fourth-order valence-corrected chi connectivity index (χ4v) is 3.27. The van der Waals surface area contributed by atoms with Gasteiger partial charge >= 0.3 is 5.97 Å². The van der Waals surface area contributed by atoms with Crippen molar-refractivity contribution in [2.75, 3.05) is 6.61 Å². The maximum absolute atomic E-state index is 12.2. The first-order valence-corrected chi connectivity index (χ1v) is 11.3. The highest BCUT2D eigenvalue weighted by atomic mass is 16.5. The summed E-state index contributed by atoms with van der Waals surface area (Å²) in [6, 6.07) is 7.36. The second kappa shape index (κ2) is 13.9. The molecule has 1 heterocycles. The maximum Gasteiger partial charge on any atom is 0.338 e. The van der Waals surface area contributed by atoms with Crippen molar-refractivity contribution in [3.8, 4) is 11.4 Å². The van der Waals surface area contributed by atoms with E-state index in [4.69, 9.17) is 4.74 Å². The number of ether oxygens (including phenoxy) is 1. The Hall–Kier alpha value is -2.23. The van der Waals surface area contributed by atoms with E-state index in [1.807, 2.05) is 24.5 Å². The Morgan fingerprint density at radius 1 is 0.793 bits per heavy atom. The van der Waals surface area contributed by atoms with E-state index < -0.39 is 0 Å². The molecule has 4 heteroatoms. The summed E-state index contributed by atoms with van der Waals surface area (Å²) < 4.78 is 5.39. The minimum Gasteiger partial charge on any atom is -0.462 e. The molecule has 0 unspecified atom stereocenters. The molecule has 1 aromatic heterocycles. The van der Waals surface area contributed by atoms with Crippen LogP contribution in [-0.4, -0.2) is 22.5 Å². The number of hydrogen-bond acceptors (Lipinski definition) is 4. The van der Waals surface area contributed by atoms with E-state index in [-0.39, 0.29) is 5.97 Å². The molecule has 0 aliphatic rings. The zero-order valence-corrected chi connectivity index (χ0v) is 18.2. The third kappa shape index (κ3) is 8.76. The largest absolute Gasteiger partial charge is 0.462 e. The summed E-state index contributed by atoms with van der Waals surface area (Å²) in [6.45, 7) is 4.93. The van der Waals surface area contributed by atoms with Crippen molar-refractivity contribution in [3.05, 3.63) is 47.8 Å². The van der Waals surface area contributed by atoms with E-state index in [1.54, 1.807) is 12.1 Å². The van der Waals surface area contributed by atoms with E-state index >= 15 is 0 Å². The van der Waals surface area contributed by atoms with Crippen LogP contribution in [0.2, 0.25) is 0 Å². The summed E-state index contributed by atoms with van der Waals surface area (Å²) >= 11 is 0. The molecule has 0 radical (unpaired) electrons. The number of aryl methyl sites for hydroxylation is 1. The lowest BCUT2D eigenvalue weighted by Crippen LogP contribution is -2.06. The Morgan fingerprint density at radius 3 is 2.03 bits per heavy atom. The molecule has 29 heavy (non-hydrogen) atoms. The van der Waals surface area contributed by atoms with Crippen LogP contribution in [0.4, 0.5) is 0 Å². The average molecular weight is 397 g/mol. The standard InChI is InChI=1S/C25H36N2O2/c1-3-5-7-8-9-10-12-18-29-25(28)23-16-14-22(15-17-23)24-26-19-21(20-27-24)13-11-6-4-2/h14-17,19-20H,3-13,18H2,1-2H3. The van der Waals surface area contributed by atoms with E-state index in [1.165, 1.54) is 56.9 Å². The van der Waals surface area contributed by atoms with Gasteiger partial charge in [-0.15, -0.1) is 0 Å². The molecule has 0 bridgehead atoms. The van der Waals surface area contributed by atoms with Gasteiger partial charge in [0.25, 0.3) is 0 Å². The molecule has 2 rings (SSSR count). The minimum absolute atomic E-state index is 0.255. The fourth-order valence-electron chi connectivity index (χ4n) is 3.27. The van der Waals surface area contributed by atoms with Crippen LogP contribution in [-0.2, 0) is 11.2 Å². The summed E-state index contributed by atoms with van der Waals surface area (Å²) in [4.78, 5) is 21.1. The third-order valence-corrected chi connectivity index (χ3v) is 5.13. The highest BCUT2D eigenvalue weighted by Crippen LogP contribution is 2.17. The molecular formula is C25H36N2O2. The van der Waals surface area contributed by atoms with Gasteiger partial charge < -0.3 is 4.74 Å². The normalized spacial score (nSPS) is 10.8. The molecule has 0 atom stereocenters. The number of aromatic nitrogens is 2. The molecule has 2 aromatic rings. The Balaban J connectivity index is 1.74. The Bertz CT molecular complexity index is 696. The van der Waals surface area contributed by atoms with Crippen LogP contribution >= 0.6 is 0 Å². The van der Waals surface area contributed by atoms with Crippen molar-refractivity contribution >= 4 is 5.97 Å². The lowest BCUT2D eigenvalue weighted by atomic mass is 10.1. The number of carbonyl (C=O) groups excluding carboxylic acids is 1. The van der Waals surface area contributed by atoms with Gasteiger partial charge in [0.1, 0.15) is 0 Å². The van der Waals surface area contributed by atoms with E-state index in [0.29, 0.717) is 18.0 Å². The van der Waals surface area contributed by atoms with Crippen LogP contribution in [0, 0.1) is 0 Å². The molecule has 0 spiro atoms. The summed E-state index contributed by atoms with van der Waals surface area (Å²) in [5.74, 6) is 0.432. The summed E-state index contributed by atoms with van der Waals surface area (Å²) in [7, 11) is 0. The molecule has 0 fully saturated rings. The first-order chi connectivity index (χ1) is 14.2. The highest BCUT2D eigenvalue weighted by Gasteiger charge is 2.08. The molecule has 4 nitrogen and oxygen atoms in total. The summed E-state index contributed by atoms with van der Waals surface area (Å²) in [5.41, 5.74) is 2.66. The van der Waals surface area contributed by atoms with Gasteiger partial charge in [0.05, 0.1) is 12.2 Å². The quantitative estimate of drug-likeness (QED) is 0.261. The van der Waals surface area contributed by atoms with Crippen LogP contribution in [0.25, 0.3) is 11.4 Å². The number of benzene rings is 1. The van der Waals surface area contributed by atoms with Crippen LogP contribution in [0.1, 0.15) is 94.0 Å². The lowest BCUT2D eigenvalue weighted by Gasteiger charge is -2.06. The van der Waals surface area contributed by atoms with Crippen LogP contribution in [0.15, 0.2) is 36.7 Å². The number of rotatable bonds is 14. The summed E-state index contributed by atoms with van der Waals surface area (Å²) in [6.07, 6.45) is 16.9. The first-order valence-electron chi connectivity index (χ1n) is 11.3.